The molecule has 0 aliphatic rings. The molecule has 0 atom stereocenters. The smallest absolute Gasteiger partial charge is 0.251 e. The molecule has 1 heterocycles. The van der Waals surface area contributed by atoms with Gasteiger partial charge in [0.05, 0.1) is 6.54 Å². The zero-order valence-electron chi connectivity index (χ0n) is 9.77. The van der Waals surface area contributed by atoms with Gasteiger partial charge in [-0.25, -0.2) is 21.9 Å². The van der Waals surface area contributed by atoms with Gasteiger partial charge in [-0.2, -0.15) is 0 Å². The molecule has 2 rings (SSSR count). The molecule has 0 saturated heterocycles. The molecule has 1 aromatic heterocycles. The second-order valence-corrected chi connectivity index (χ2v) is 6.64. The molecule has 4 nitrogen and oxygen atoms in total. The van der Waals surface area contributed by atoms with E-state index in [2.05, 4.69) is 0 Å². The molecule has 8 heteroatoms. The molecule has 0 spiro atoms. The molecule has 0 fully saturated rings. The Morgan fingerprint density at radius 2 is 2.00 bits per heavy atom. The first-order valence-electron chi connectivity index (χ1n) is 5.44. The second-order valence-electron chi connectivity index (χ2n) is 3.80. The van der Waals surface area contributed by atoms with E-state index in [1.165, 1.54) is 11.3 Å². The lowest BCUT2D eigenvalue weighted by molar-refractivity contribution is 0.153. The minimum absolute atomic E-state index is 0.0104. The Kier molecular flexibility index (Phi) is 4.14. The van der Waals surface area contributed by atoms with Crippen molar-refractivity contribution in [1.29, 1.82) is 0 Å². The van der Waals surface area contributed by atoms with E-state index >= 15 is 0 Å². The number of sulfonamides is 1. The standard InChI is InChI=1S/C11H12F2N2O2S2/c12-10(13)6-15-19(16,17)11-7-3-1-2-4-8(7)18-9(11)5-14/h1-4,10,15H,5-6,14H2. The van der Waals surface area contributed by atoms with Crippen molar-refractivity contribution < 1.29 is 17.2 Å². The van der Waals surface area contributed by atoms with Gasteiger partial charge in [0.1, 0.15) is 4.90 Å². The van der Waals surface area contributed by atoms with Crippen molar-refractivity contribution in [2.24, 2.45) is 5.73 Å². The summed E-state index contributed by atoms with van der Waals surface area (Å²) >= 11 is 1.25. The first-order chi connectivity index (χ1) is 8.95. The van der Waals surface area contributed by atoms with Crippen molar-refractivity contribution in [1.82, 2.24) is 4.72 Å². The molecule has 0 amide bonds. The van der Waals surface area contributed by atoms with Crippen molar-refractivity contribution in [3.63, 3.8) is 0 Å². The maximum absolute atomic E-state index is 12.2. The zero-order chi connectivity index (χ0) is 14.0. The SMILES string of the molecule is NCc1sc2ccccc2c1S(=O)(=O)NCC(F)F. The monoisotopic (exact) mass is 306 g/mol. The molecule has 19 heavy (non-hydrogen) atoms. The minimum atomic E-state index is -3.98. The van der Waals surface area contributed by atoms with Gasteiger partial charge in [-0.15, -0.1) is 11.3 Å². The van der Waals surface area contributed by atoms with E-state index in [0.29, 0.717) is 10.3 Å². The number of rotatable bonds is 5. The number of hydrogen-bond donors (Lipinski definition) is 2. The van der Waals surface area contributed by atoms with Crippen LogP contribution < -0.4 is 10.5 Å². The summed E-state index contributed by atoms with van der Waals surface area (Å²) in [5, 5.41) is 0.509. The van der Waals surface area contributed by atoms with Crippen LogP contribution in [0.25, 0.3) is 10.1 Å². The molecular formula is C11H12F2N2O2S2. The Balaban J connectivity index is 2.54. The third kappa shape index (κ3) is 2.92. The van der Waals surface area contributed by atoms with Gasteiger partial charge in [-0.3, -0.25) is 0 Å². The van der Waals surface area contributed by atoms with Crippen molar-refractivity contribution in [2.45, 2.75) is 17.9 Å². The number of benzene rings is 1. The van der Waals surface area contributed by atoms with E-state index in [9.17, 15) is 17.2 Å². The van der Waals surface area contributed by atoms with E-state index in [1.807, 2.05) is 4.72 Å². The molecular weight excluding hydrogens is 294 g/mol. The van der Waals surface area contributed by atoms with E-state index < -0.39 is 23.0 Å². The summed E-state index contributed by atoms with van der Waals surface area (Å²) in [6, 6.07) is 6.89. The van der Waals surface area contributed by atoms with Crippen LogP contribution in [0.1, 0.15) is 4.88 Å². The largest absolute Gasteiger partial charge is 0.326 e. The van der Waals surface area contributed by atoms with Crippen LogP contribution in [0.15, 0.2) is 29.2 Å². The van der Waals surface area contributed by atoms with Gasteiger partial charge < -0.3 is 5.73 Å². The summed E-state index contributed by atoms with van der Waals surface area (Å²) in [4.78, 5) is 0.471. The number of nitrogens with one attached hydrogen (secondary N) is 1. The Hall–Kier alpha value is -1.09. The maximum Gasteiger partial charge on any atom is 0.251 e. The number of hydrogen-bond acceptors (Lipinski definition) is 4. The van der Waals surface area contributed by atoms with Gasteiger partial charge in [0.2, 0.25) is 10.0 Å². The number of halogens is 2. The van der Waals surface area contributed by atoms with Crippen LogP contribution in [0.4, 0.5) is 8.78 Å². The van der Waals surface area contributed by atoms with Gasteiger partial charge in [0.15, 0.2) is 0 Å². The lowest BCUT2D eigenvalue weighted by atomic mass is 10.2. The third-order valence-corrected chi connectivity index (χ3v) is 5.37. The Morgan fingerprint density at radius 1 is 1.32 bits per heavy atom. The predicted octanol–water partition coefficient (Wildman–Crippen LogP) is 1.90. The molecule has 0 unspecified atom stereocenters. The highest BCUT2D eigenvalue weighted by Gasteiger charge is 2.24. The average Bonchev–Trinajstić information content (AvgIpc) is 2.75. The number of fused-ring (bicyclic) bond motifs is 1. The lowest BCUT2D eigenvalue weighted by Gasteiger charge is -2.07. The van der Waals surface area contributed by atoms with Gasteiger partial charge in [0.25, 0.3) is 6.43 Å². The fourth-order valence-electron chi connectivity index (χ4n) is 1.75. The molecule has 0 bridgehead atoms. The Morgan fingerprint density at radius 3 is 2.63 bits per heavy atom. The molecule has 3 N–H and O–H groups in total. The van der Waals surface area contributed by atoms with Gasteiger partial charge in [-0.1, -0.05) is 18.2 Å². The summed E-state index contributed by atoms with van der Waals surface area (Å²) in [6.07, 6.45) is -2.74. The topological polar surface area (TPSA) is 72.2 Å². The maximum atomic E-state index is 12.2. The first kappa shape index (κ1) is 14.3. The Labute approximate surface area is 113 Å². The highest BCUT2D eigenvalue weighted by molar-refractivity contribution is 7.90. The summed E-state index contributed by atoms with van der Waals surface area (Å²) in [5.41, 5.74) is 5.54. The normalized spacial score (nSPS) is 12.4. The van der Waals surface area contributed by atoms with Crippen LogP contribution in [0.5, 0.6) is 0 Å². The fourth-order valence-corrected chi connectivity index (χ4v) is 4.58. The molecule has 0 aliphatic carbocycles. The molecule has 2 aromatic rings. The molecule has 0 radical (unpaired) electrons. The fraction of sp³-hybridized carbons (Fsp3) is 0.273. The highest BCUT2D eigenvalue weighted by Crippen LogP contribution is 2.34. The molecule has 104 valence electrons. The van der Waals surface area contributed by atoms with Crippen molar-refractivity contribution in [2.75, 3.05) is 6.54 Å². The van der Waals surface area contributed by atoms with E-state index in [-0.39, 0.29) is 11.4 Å². The van der Waals surface area contributed by atoms with Gasteiger partial charge in [0, 0.05) is 21.5 Å². The summed E-state index contributed by atoms with van der Waals surface area (Å²) < 4.78 is 51.2. The minimum Gasteiger partial charge on any atom is -0.326 e. The quantitative estimate of drug-likeness (QED) is 0.886. The van der Waals surface area contributed by atoms with E-state index in [0.717, 1.165) is 4.70 Å². The highest BCUT2D eigenvalue weighted by atomic mass is 32.2. The Bertz CT molecular complexity index is 683. The number of thiophene rings is 1. The first-order valence-corrected chi connectivity index (χ1v) is 7.74. The number of nitrogens with two attached hydrogens (primary N) is 1. The van der Waals surface area contributed by atoms with Gasteiger partial charge in [-0.05, 0) is 6.07 Å². The summed E-state index contributed by atoms with van der Waals surface area (Å²) in [5.74, 6) is 0. The van der Waals surface area contributed by atoms with Crippen LogP contribution in [0.3, 0.4) is 0 Å². The zero-order valence-corrected chi connectivity index (χ0v) is 11.4. The predicted molar refractivity (Wildman–Crippen MR) is 70.9 cm³/mol. The molecule has 0 saturated carbocycles. The van der Waals surface area contributed by atoms with Crippen LogP contribution >= 0.6 is 11.3 Å². The van der Waals surface area contributed by atoms with Crippen molar-refractivity contribution in [3.05, 3.63) is 29.1 Å². The molecule has 0 aliphatic heterocycles. The van der Waals surface area contributed by atoms with Crippen LogP contribution in [0.2, 0.25) is 0 Å². The van der Waals surface area contributed by atoms with Gasteiger partial charge >= 0.3 is 0 Å². The third-order valence-electron chi connectivity index (χ3n) is 2.50. The number of alkyl halides is 2. The van der Waals surface area contributed by atoms with Crippen molar-refractivity contribution >= 4 is 31.4 Å². The van der Waals surface area contributed by atoms with E-state index in [1.54, 1.807) is 24.3 Å². The summed E-state index contributed by atoms with van der Waals surface area (Å²) in [6.45, 7) is -0.860. The van der Waals surface area contributed by atoms with Crippen LogP contribution in [-0.4, -0.2) is 21.4 Å². The van der Waals surface area contributed by atoms with Crippen LogP contribution in [-0.2, 0) is 16.6 Å². The lowest BCUT2D eigenvalue weighted by Crippen LogP contribution is -2.29. The summed E-state index contributed by atoms with van der Waals surface area (Å²) in [7, 11) is -3.98. The van der Waals surface area contributed by atoms with Crippen LogP contribution in [0, 0.1) is 0 Å². The molecule has 1 aromatic carbocycles. The van der Waals surface area contributed by atoms with E-state index in [4.69, 9.17) is 5.73 Å². The second kappa shape index (κ2) is 5.49. The van der Waals surface area contributed by atoms with Crippen molar-refractivity contribution in [3.8, 4) is 0 Å². The average molecular weight is 306 g/mol.